The molecule has 0 spiro atoms. The minimum Gasteiger partial charge on any atom is -0.429 e. The van der Waals surface area contributed by atoms with Gasteiger partial charge in [-0.1, -0.05) is 19.1 Å². The predicted octanol–water partition coefficient (Wildman–Crippen LogP) is 1.81. The van der Waals surface area contributed by atoms with Crippen molar-refractivity contribution in [2.24, 2.45) is 0 Å². The Morgan fingerprint density at radius 1 is 1.54 bits per heavy atom. The highest BCUT2D eigenvalue weighted by molar-refractivity contribution is 5.96. The molecule has 68 valence electrons. The van der Waals surface area contributed by atoms with Crippen LogP contribution < -0.4 is 4.74 Å². The van der Waals surface area contributed by atoms with Crippen molar-refractivity contribution in [1.29, 1.82) is 0 Å². The summed E-state index contributed by atoms with van der Waals surface area (Å²) >= 11 is 0. The van der Waals surface area contributed by atoms with E-state index in [1.54, 1.807) is 31.2 Å². The molecule has 0 aliphatic carbocycles. The van der Waals surface area contributed by atoms with E-state index in [0.717, 1.165) is 0 Å². The summed E-state index contributed by atoms with van der Waals surface area (Å²) < 4.78 is 4.61. The first-order chi connectivity index (χ1) is 6.27. The van der Waals surface area contributed by atoms with Crippen molar-refractivity contribution < 1.29 is 14.3 Å². The Kier molecular flexibility index (Phi) is 3.20. The van der Waals surface area contributed by atoms with E-state index in [1.807, 2.05) is 0 Å². The Balaban J connectivity index is 2.90. The van der Waals surface area contributed by atoms with Gasteiger partial charge in [0.2, 0.25) is 0 Å². The van der Waals surface area contributed by atoms with Crippen molar-refractivity contribution in [2.75, 3.05) is 0 Å². The van der Waals surface area contributed by atoms with Crippen molar-refractivity contribution in [3.05, 3.63) is 29.8 Å². The van der Waals surface area contributed by atoms with E-state index in [9.17, 15) is 9.59 Å². The Morgan fingerprint density at radius 2 is 2.31 bits per heavy atom. The highest BCUT2D eigenvalue weighted by Crippen LogP contribution is 2.13. The van der Waals surface area contributed by atoms with Crippen LogP contribution >= 0.6 is 0 Å². The van der Waals surface area contributed by atoms with Gasteiger partial charge in [0.15, 0.2) is 5.78 Å². The molecule has 13 heavy (non-hydrogen) atoms. The minimum absolute atomic E-state index is 0.0383. The molecular formula is C10H10O3. The zero-order valence-corrected chi connectivity index (χ0v) is 7.32. The van der Waals surface area contributed by atoms with Crippen LogP contribution in [-0.4, -0.2) is 12.3 Å². The third-order valence-corrected chi connectivity index (χ3v) is 1.66. The zero-order chi connectivity index (χ0) is 9.68. The Bertz CT molecular complexity index is 318. The molecule has 0 radical (unpaired) electrons. The molecule has 0 N–H and O–H groups in total. The molecule has 1 aromatic rings. The maximum atomic E-state index is 11.2. The molecule has 1 aromatic carbocycles. The topological polar surface area (TPSA) is 43.4 Å². The summed E-state index contributed by atoms with van der Waals surface area (Å²) in [4.78, 5) is 21.2. The quantitative estimate of drug-likeness (QED) is 0.521. The van der Waals surface area contributed by atoms with Crippen LogP contribution in [0.4, 0.5) is 0 Å². The molecule has 0 saturated heterocycles. The second-order valence-electron chi connectivity index (χ2n) is 2.52. The standard InChI is InChI=1S/C10H10O3/c1-2-10(12)8-4-3-5-9(6-8)13-7-11/h3-7H,2H2,1H3. The van der Waals surface area contributed by atoms with Crippen molar-refractivity contribution in [2.45, 2.75) is 13.3 Å². The van der Waals surface area contributed by atoms with E-state index >= 15 is 0 Å². The number of ketones is 1. The van der Waals surface area contributed by atoms with E-state index < -0.39 is 0 Å². The lowest BCUT2D eigenvalue weighted by atomic mass is 10.1. The molecule has 3 nitrogen and oxygen atoms in total. The SMILES string of the molecule is CCC(=O)c1cccc(OC=O)c1. The minimum atomic E-state index is 0.0383. The van der Waals surface area contributed by atoms with Gasteiger partial charge in [0.05, 0.1) is 0 Å². The third kappa shape index (κ3) is 2.40. The fraction of sp³-hybridized carbons (Fsp3) is 0.200. The van der Waals surface area contributed by atoms with Gasteiger partial charge in [-0.2, -0.15) is 0 Å². The van der Waals surface area contributed by atoms with Crippen LogP contribution in [0.1, 0.15) is 23.7 Å². The smallest absolute Gasteiger partial charge is 0.298 e. The molecule has 0 aliphatic heterocycles. The van der Waals surface area contributed by atoms with Gasteiger partial charge in [0, 0.05) is 12.0 Å². The Labute approximate surface area is 76.3 Å². The second kappa shape index (κ2) is 4.40. The first-order valence-electron chi connectivity index (χ1n) is 4.01. The van der Waals surface area contributed by atoms with Crippen molar-refractivity contribution in [1.82, 2.24) is 0 Å². The van der Waals surface area contributed by atoms with Crippen LogP contribution in [0.3, 0.4) is 0 Å². The van der Waals surface area contributed by atoms with Gasteiger partial charge in [-0.05, 0) is 12.1 Å². The molecule has 0 amide bonds. The second-order valence-corrected chi connectivity index (χ2v) is 2.52. The van der Waals surface area contributed by atoms with E-state index in [4.69, 9.17) is 0 Å². The van der Waals surface area contributed by atoms with Crippen LogP contribution in [0.5, 0.6) is 5.75 Å². The molecule has 0 unspecified atom stereocenters. The first kappa shape index (κ1) is 9.45. The van der Waals surface area contributed by atoms with Gasteiger partial charge in [0.25, 0.3) is 6.47 Å². The van der Waals surface area contributed by atoms with Crippen LogP contribution in [0.2, 0.25) is 0 Å². The molecule has 1 rings (SSSR count). The first-order valence-corrected chi connectivity index (χ1v) is 4.01. The largest absolute Gasteiger partial charge is 0.429 e. The lowest BCUT2D eigenvalue weighted by molar-refractivity contribution is -0.120. The Morgan fingerprint density at radius 3 is 2.92 bits per heavy atom. The number of benzene rings is 1. The lowest BCUT2D eigenvalue weighted by Gasteiger charge is -2.00. The van der Waals surface area contributed by atoms with Crippen molar-refractivity contribution >= 4 is 12.3 Å². The summed E-state index contributed by atoms with van der Waals surface area (Å²) in [5.41, 5.74) is 0.571. The lowest BCUT2D eigenvalue weighted by Crippen LogP contribution is -1.97. The molecular weight excluding hydrogens is 168 g/mol. The van der Waals surface area contributed by atoms with Crippen LogP contribution in [0, 0.1) is 0 Å². The number of ether oxygens (including phenoxy) is 1. The maximum Gasteiger partial charge on any atom is 0.298 e. The fourth-order valence-electron chi connectivity index (χ4n) is 1.00. The van der Waals surface area contributed by atoms with E-state index in [2.05, 4.69) is 4.74 Å². The molecule has 3 heteroatoms. The monoisotopic (exact) mass is 178 g/mol. The molecule has 0 bridgehead atoms. The zero-order valence-electron chi connectivity index (χ0n) is 7.32. The van der Waals surface area contributed by atoms with Crippen molar-refractivity contribution in [3.8, 4) is 5.75 Å². The van der Waals surface area contributed by atoms with E-state index in [1.165, 1.54) is 0 Å². The molecule has 0 aromatic heterocycles. The van der Waals surface area contributed by atoms with Gasteiger partial charge in [-0.3, -0.25) is 9.59 Å². The summed E-state index contributed by atoms with van der Waals surface area (Å²) in [6.07, 6.45) is 0.449. The highest BCUT2D eigenvalue weighted by atomic mass is 16.5. The maximum absolute atomic E-state index is 11.2. The number of rotatable bonds is 4. The van der Waals surface area contributed by atoms with Gasteiger partial charge >= 0.3 is 0 Å². The number of hydrogen-bond acceptors (Lipinski definition) is 3. The summed E-state index contributed by atoms with van der Waals surface area (Å²) in [6, 6.07) is 6.56. The molecule has 0 aliphatic rings. The highest BCUT2D eigenvalue weighted by Gasteiger charge is 2.03. The van der Waals surface area contributed by atoms with Crippen LogP contribution in [0.25, 0.3) is 0 Å². The van der Waals surface area contributed by atoms with Gasteiger partial charge < -0.3 is 4.74 Å². The normalized spacial score (nSPS) is 9.31. The number of carbonyl (C=O) groups excluding carboxylic acids is 2. The number of hydrogen-bond donors (Lipinski definition) is 0. The van der Waals surface area contributed by atoms with Crippen LogP contribution in [0.15, 0.2) is 24.3 Å². The molecule has 0 heterocycles. The average Bonchev–Trinajstić information content (AvgIpc) is 2.18. The predicted molar refractivity (Wildman–Crippen MR) is 47.8 cm³/mol. The van der Waals surface area contributed by atoms with Crippen LogP contribution in [-0.2, 0) is 4.79 Å². The number of Topliss-reactive ketones (excluding diaryl/α,β-unsaturated/α-hetero) is 1. The van der Waals surface area contributed by atoms with Gasteiger partial charge in [-0.15, -0.1) is 0 Å². The molecule has 0 fully saturated rings. The molecule has 0 atom stereocenters. The van der Waals surface area contributed by atoms with E-state index in [-0.39, 0.29) is 5.78 Å². The summed E-state index contributed by atoms with van der Waals surface area (Å²) in [5.74, 6) is 0.436. The molecule has 0 saturated carbocycles. The average molecular weight is 178 g/mol. The summed E-state index contributed by atoms with van der Waals surface area (Å²) in [6.45, 7) is 2.13. The van der Waals surface area contributed by atoms with Crippen molar-refractivity contribution in [3.63, 3.8) is 0 Å². The summed E-state index contributed by atoms with van der Waals surface area (Å²) in [7, 11) is 0. The fourth-order valence-corrected chi connectivity index (χ4v) is 1.00. The Hall–Kier alpha value is -1.64. The van der Waals surface area contributed by atoms with E-state index in [0.29, 0.717) is 24.2 Å². The van der Waals surface area contributed by atoms with Gasteiger partial charge in [0.1, 0.15) is 5.75 Å². The summed E-state index contributed by atoms with van der Waals surface area (Å²) in [5, 5.41) is 0. The third-order valence-electron chi connectivity index (χ3n) is 1.66. The number of carbonyl (C=O) groups is 2. The van der Waals surface area contributed by atoms with Gasteiger partial charge in [-0.25, -0.2) is 0 Å².